The van der Waals surface area contributed by atoms with Crippen LogP contribution in [0.15, 0.2) is 60.7 Å². The van der Waals surface area contributed by atoms with Gasteiger partial charge in [-0.05, 0) is 29.0 Å². The molecule has 0 N–H and O–H groups in total. The summed E-state index contributed by atoms with van der Waals surface area (Å²) in [5.41, 5.74) is 2.26. The molecular weight excluding hydrogens is 282 g/mol. The zero-order valence-electron chi connectivity index (χ0n) is 11.6. The minimum absolute atomic E-state index is 0.111. The largest absolute Gasteiger partial charge is 0.535 e. The summed E-state index contributed by atoms with van der Waals surface area (Å²) in [7, 11) is 0. The van der Waals surface area contributed by atoms with Crippen LogP contribution in [-0.4, -0.2) is 27.9 Å². The second-order valence-electron chi connectivity index (χ2n) is 4.42. The molecule has 0 aliphatic rings. The van der Waals surface area contributed by atoms with E-state index < -0.39 is 6.16 Å². The molecule has 2 aromatic carbocycles. The molecule has 1 aromatic heterocycles. The molecule has 6 heteroatoms. The Morgan fingerprint density at radius 3 is 2.73 bits per heavy atom. The predicted octanol–water partition coefficient (Wildman–Crippen LogP) is 2.71. The predicted molar refractivity (Wildman–Crippen MR) is 80.9 cm³/mol. The lowest BCUT2D eigenvalue weighted by molar-refractivity contribution is 0.0464. The number of rotatable bonds is 4. The van der Waals surface area contributed by atoms with Gasteiger partial charge in [0.1, 0.15) is 17.6 Å². The van der Waals surface area contributed by atoms with Crippen molar-refractivity contribution in [3.63, 3.8) is 0 Å². The number of carbonyl (C=O) groups is 1. The van der Waals surface area contributed by atoms with Gasteiger partial charge in [-0.2, -0.15) is 0 Å². The van der Waals surface area contributed by atoms with E-state index in [1.54, 1.807) is 24.3 Å². The summed E-state index contributed by atoms with van der Waals surface area (Å²) < 4.78 is 4.95. The molecule has 0 radical (unpaired) electrons. The molecule has 1 heterocycles. The molecule has 0 unspecified atom stereocenters. The van der Waals surface area contributed by atoms with Gasteiger partial charge in [0.15, 0.2) is 0 Å². The average Bonchev–Trinajstić information content (AvgIpc) is 2.96. The molecule has 0 aliphatic heterocycles. The molecule has 110 valence electrons. The van der Waals surface area contributed by atoms with E-state index >= 15 is 0 Å². The quantitative estimate of drug-likeness (QED) is 0.547. The Morgan fingerprint density at radius 1 is 1.09 bits per heavy atom. The van der Waals surface area contributed by atoms with Crippen LogP contribution in [0.4, 0.5) is 4.79 Å². The lowest BCUT2D eigenvalue weighted by Crippen LogP contribution is -2.21. The second kappa shape index (κ2) is 6.53. The second-order valence-corrected chi connectivity index (χ2v) is 4.42. The molecule has 0 aliphatic carbocycles. The minimum Gasteiger partial charge on any atom is -0.428 e. The molecule has 22 heavy (non-hydrogen) atoms. The SMILES string of the molecule is O=C(OC/C=C/c1ccccc1)On1nnc2ccccc21. The van der Waals surface area contributed by atoms with Gasteiger partial charge in [-0.25, -0.2) is 4.79 Å². The zero-order chi connectivity index (χ0) is 15.2. The normalized spacial score (nSPS) is 10.9. The van der Waals surface area contributed by atoms with Gasteiger partial charge in [0.2, 0.25) is 0 Å². The van der Waals surface area contributed by atoms with Crippen molar-refractivity contribution in [1.29, 1.82) is 0 Å². The molecule has 0 bridgehead atoms. The molecule has 0 saturated heterocycles. The fourth-order valence-corrected chi connectivity index (χ4v) is 1.88. The maximum atomic E-state index is 11.6. The monoisotopic (exact) mass is 295 g/mol. The first-order valence-corrected chi connectivity index (χ1v) is 6.70. The first-order chi connectivity index (χ1) is 10.8. The van der Waals surface area contributed by atoms with E-state index in [1.165, 1.54) is 0 Å². The van der Waals surface area contributed by atoms with E-state index in [0.717, 1.165) is 10.4 Å². The Hall–Kier alpha value is -3.15. The maximum absolute atomic E-state index is 11.6. The number of fused-ring (bicyclic) bond motifs is 1. The van der Waals surface area contributed by atoms with Crippen LogP contribution in [0, 0.1) is 0 Å². The van der Waals surface area contributed by atoms with Crippen LogP contribution in [0.5, 0.6) is 0 Å². The summed E-state index contributed by atoms with van der Waals surface area (Å²) in [6.07, 6.45) is 2.75. The van der Waals surface area contributed by atoms with Gasteiger partial charge in [-0.15, -0.1) is 5.10 Å². The third-order valence-corrected chi connectivity index (χ3v) is 2.89. The standard InChI is InChI=1S/C16H13N3O3/c20-16(21-12-6-9-13-7-2-1-3-8-13)22-19-15-11-5-4-10-14(15)17-18-19/h1-11H,12H2/b9-6+. The number of aromatic nitrogens is 3. The summed E-state index contributed by atoms with van der Waals surface area (Å²) >= 11 is 0. The highest BCUT2D eigenvalue weighted by Gasteiger charge is 2.09. The number of hydrogen-bond donors (Lipinski definition) is 0. The number of ether oxygens (including phenoxy) is 1. The molecule has 0 atom stereocenters. The Labute approximate surface area is 126 Å². The molecular formula is C16H13N3O3. The van der Waals surface area contributed by atoms with Crippen molar-refractivity contribution in [1.82, 2.24) is 15.2 Å². The third-order valence-electron chi connectivity index (χ3n) is 2.89. The molecule has 0 saturated carbocycles. The number of hydrogen-bond acceptors (Lipinski definition) is 5. The summed E-state index contributed by atoms with van der Waals surface area (Å²) in [4.78, 5) is 17.6. The summed E-state index contributed by atoms with van der Waals surface area (Å²) in [5.74, 6) is 0. The number of carbonyl (C=O) groups excluding carboxylic acids is 1. The van der Waals surface area contributed by atoms with Gasteiger partial charge in [0.25, 0.3) is 0 Å². The average molecular weight is 295 g/mol. The van der Waals surface area contributed by atoms with Gasteiger partial charge in [0, 0.05) is 0 Å². The van der Waals surface area contributed by atoms with E-state index in [9.17, 15) is 4.79 Å². The third kappa shape index (κ3) is 3.29. The lowest BCUT2D eigenvalue weighted by atomic mass is 10.2. The Bertz CT molecular complexity index is 797. The van der Waals surface area contributed by atoms with Crippen molar-refractivity contribution in [3.05, 3.63) is 66.2 Å². The van der Waals surface area contributed by atoms with Gasteiger partial charge in [-0.3, -0.25) is 4.84 Å². The molecule has 0 fully saturated rings. The Kier molecular flexibility index (Phi) is 4.10. The maximum Gasteiger partial charge on any atom is 0.535 e. The van der Waals surface area contributed by atoms with Crippen LogP contribution in [0.1, 0.15) is 5.56 Å². The highest BCUT2D eigenvalue weighted by molar-refractivity contribution is 5.74. The smallest absolute Gasteiger partial charge is 0.428 e. The number of para-hydroxylation sites is 1. The first-order valence-electron chi connectivity index (χ1n) is 6.70. The highest BCUT2D eigenvalue weighted by Crippen LogP contribution is 2.08. The van der Waals surface area contributed by atoms with Gasteiger partial charge in [-0.1, -0.05) is 53.4 Å². The molecule has 0 amide bonds. The summed E-state index contributed by atoms with van der Waals surface area (Å²) in [6, 6.07) is 16.9. The number of nitrogens with zero attached hydrogens (tertiary/aromatic N) is 3. The number of benzene rings is 2. The Balaban J connectivity index is 1.54. The Morgan fingerprint density at radius 2 is 1.86 bits per heavy atom. The van der Waals surface area contributed by atoms with E-state index in [2.05, 4.69) is 10.3 Å². The van der Waals surface area contributed by atoms with Crippen LogP contribution in [0.3, 0.4) is 0 Å². The lowest BCUT2D eigenvalue weighted by Gasteiger charge is -2.02. The van der Waals surface area contributed by atoms with Crippen molar-refractivity contribution in [2.45, 2.75) is 0 Å². The highest BCUT2D eigenvalue weighted by atomic mass is 16.8. The van der Waals surface area contributed by atoms with Crippen molar-refractivity contribution in [2.75, 3.05) is 6.61 Å². The van der Waals surface area contributed by atoms with Crippen LogP contribution in [0.2, 0.25) is 0 Å². The summed E-state index contributed by atoms with van der Waals surface area (Å²) in [6.45, 7) is 0.111. The van der Waals surface area contributed by atoms with E-state index in [0.29, 0.717) is 11.0 Å². The van der Waals surface area contributed by atoms with Crippen LogP contribution in [0.25, 0.3) is 17.1 Å². The van der Waals surface area contributed by atoms with Crippen molar-refractivity contribution < 1.29 is 14.4 Å². The van der Waals surface area contributed by atoms with E-state index in [1.807, 2.05) is 42.5 Å². The van der Waals surface area contributed by atoms with Crippen molar-refractivity contribution in [3.8, 4) is 0 Å². The molecule has 6 nitrogen and oxygen atoms in total. The van der Waals surface area contributed by atoms with Crippen LogP contribution in [-0.2, 0) is 4.74 Å². The summed E-state index contributed by atoms with van der Waals surface area (Å²) in [5, 5.41) is 7.61. The fraction of sp³-hybridized carbons (Fsp3) is 0.0625. The van der Waals surface area contributed by atoms with Gasteiger partial charge < -0.3 is 4.74 Å². The zero-order valence-corrected chi connectivity index (χ0v) is 11.6. The molecule has 3 rings (SSSR count). The van der Waals surface area contributed by atoms with Crippen LogP contribution >= 0.6 is 0 Å². The molecule has 3 aromatic rings. The van der Waals surface area contributed by atoms with E-state index in [4.69, 9.17) is 9.57 Å². The van der Waals surface area contributed by atoms with Crippen molar-refractivity contribution >= 4 is 23.3 Å². The van der Waals surface area contributed by atoms with Gasteiger partial charge in [0.05, 0.1) is 0 Å². The van der Waals surface area contributed by atoms with Crippen LogP contribution < -0.4 is 4.84 Å². The van der Waals surface area contributed by atoms with Gasteiger partial charge >= 0.3 is 6.16 Å². The molecule has 0 spiro atoms. The minimum atomic E-state index is -0.839. The van der Waals surface area contributed by atoms with Crippen molar-refractivity contribution in [2.24, 2.45) is 0 Å². The fourth-order valence-electron chi connectivity index (χ4n) is 1.88. The van der Waals surface area contributed by atoms with E-state index in [-0.39, 0.29) is 6.61 Å². The topological polar surface area (TPSA) is 66.2 Å². The first kappa shape index (κ1) is 13.8.